The summed E-state index contributed by atoms with van der Waals surface area (Å²) in [6.07, 6.45) is 2.52. The number of hydrogen-bond donors (Lipinski definition) is 3. The van der Waals surface area contributed by atoms with E-state index in [1.807, 2.05) is 0 Å². The van der Waals surface area contributed by atoms with Gasteiger partial charge in [-0.05, 0) is 60.2 Å². The maximum absolute atomic E-state index is 13.2. The van der Waals surface area contributed by atoms with Crippen LogP contribution in [-0.4, -0.2) is 51.1 Å². The second-order valence-electron chi connectivity index (χ2n) is 11.8. The van der Waals surface area contributed by atoms with Crippen molar-refractivity contribution in [3.05, 3.63) is 123 Å². The van der Waals surface area contributed by atoms with Gasteiger partial charge in [-0.2, -0.15) is 18.2 Å². The summed E-state index contributed by atoms with van der Waals surface area (Å²) >= 11 is 12.6. The minimum absolute atomic E-state index is 0.0329. The molecule has 1 aliphatic carbocycles. The van der Waals surface area contributed by atoms with Crippen LogP contribution in [0.15, 0.2) is 90.1 Å². The standard InChI is InChI=1S/C35H31Cl2F2N3O10S/c36-26-17-42(47)18-27(37)25(26)15-29(22-11-12-28(52-35(38)39)30(14-22)50-19-20-9-10-20)51-31(43)16-40-33(44)23-7-4-8-24(13-23)53(48,49)41-32(34(45)46)21-5-2-1-3-6-21/h1-8,11-14,17-18,20,29,32,35,41H,9-10,15-16,19H2,(H,40,44)(H,45,46)/t29-,32?/m0/s1. The number of carboxylic acids is 1. The summed E-state index contributed by atoms with van der Waals surface area (Å²) in [5.74, 6) is -3.32. The fraction of sp³-hybridized carbons (Fsp3) is 0.257. The molecule has 0 saturated heterocycles. The lowest BCUT2D eigenvalue weighted by molar-refractivity contribution is -0.605. The molecule has 13 nitrogen and oxygen atoms in total. The molecule has 1 aliphatic rings. The number of pyridine rings is 1. The van der Waals surface area contributed by atoms with Gasteiger partial charge in [0.15, 0.2) is 23.9 Å². The zero-order valence-corrected chi connectivity index (χ0v) is 29.7. The van der Waals surface area contributed by atoms with Crippen molar-refractivity contribution in [2.24, 2.45) is 5.92 Å². The van der Waals surface area contributed by atoms with Crippen molar-refractivity contribution in [3.8, 4) is 11.5 Å². The molecule has 2 atom stereocenters. The van der Waals surface area contributed by atoms with Crippen molar-refractivity contribution in [1.29, 1.82) is 0 Å². The van der Waals surface area contributed by atoms with Crippen LogP contribution in [0, 0.1) is 11.1 Å². The van der Waals surface area contributed by atoms with Crippen LogP contribution in [0.2, 0.25) is 10.0 Å². The SMILES string of the molecule is O=C(CNC(=O)c1cccc(S(=O)(=O)NC(C(=O)O)c2ccccc2)c1)O[C@@H](Cc1c(Cl)c[n+]([O-])cc1Cl)c1ccc(OC(F)F)c(OCC2CC2)c1. The lowest BCUT2D eigenvalue weighted by Crippen LogP contribution is -2.34. The van der Waals surface area contributed by atoms with Gasteiger partial charge in [-0.15, -0.1) is 0 Å². The molecule has 0 spiro atoms. The molecule has 53 heavy (non-hydrogen) atoms. The molecule has 0 radical (unpaired) electrons. The quantitative estimate of drug-likeness (QED) is 0.0713. The molecular formula is C35H31Cl2F2N3O10S. The maximum Gasteiger partial charge on any atom is 0.387 e. The molecule has 1 amide bonds. The molecule has 1 saturated carbocycles. The second-order valence-corrected chi connectivity index (χ2v) is 14.4. The van der Waals surface area contributed by atoms with Crippen molar-refractivity contribution >= 4 is 51.1 Å². The average molecular weight is 795 g/mol. The number of halogens is 4. The Kier molecular flexibility index (Phi) is 12.7. The van der Waals surface area contributed by atoms with Crippen LogP contribution in [0.25, 0.3) is 0 Å². The Bertz CT molecular complexity index is 2070. The van der Waals surface area contributed by atoms with E-state index >= 15 is 0 Å². The molecule has 5 rings (SSSR count). The Morgan fingerprint density at radius 3 is 2.28 bits per heavy atom. The van der Waals surface area contributed by atoms with E-state index < -0.39 is 58.1 Å². The number of amides is 1. The number of carbonyl (C=O) groups excluding carboxylic acids is 2. The van der Waals surface area contributed by atoms with Gasteiger partial charge in [0.2, 0.25) is 10.0 Å². The normalized spacial score (nSPS) is 13.9. The predicted molar refractivity (Wildman–Crippen MR) is 185 cm³/mol. The van der Waals surface area contributed by atoms with Crippen LogP contribution in [0.5, 0.6) is 11.5 Å². The van der Waals surface area contributed by atoms with E-state index in [0.29, 0.717) is 4.73 Å². The average Bonchev–Trinajstić information content (AvgIpc) is 3.95. The number of nitrogens with one attached hydrogen (secondary N) is 2. The van der Waals surface area contributed by atoms with Gasteiger partial charge in [-0.25, -0.2) is 8.42 Å². The number of alkyl halides is 2. The Balaban J connectivity index is 1.32. The van der Waals surface area contributed by atoms with Crippen LogP contribution in [0.4, 0.5) is 8.78 Å². The van der Waals surface area contributed by atoms with Crippen LogP contribution in [0.1, 0.15) is 52.0 Å². The number of ether oxygens (including phenoxy) is 3. The minimum Gasteiger partial charge on any atom is -0.619 e. The fourth-order valence-corrected chi connectivity index (χ4v) is 6.87. The van der Waals surface area contributed by atoms with Gasteiger partial charge in [0.1, 0.15) is 28.7 Å². The van der Waals surface area contributed by atoms with Crippen molar-refractivity contribution < 1.29 is 55.6 Å². The third kappa shape index (κ3) is 10.8. The molecule has 1 heterocycles. The smallest absolute Gasteiger partial charge is 0.387 e. The first-order valence-electron chi connectivity index (χ1n) is 15.9. The Labute approximate surface area is 312 Å². The number of rotatable bonds is 17. The second kappa shape index (κ2) is 17.2. The lowest BCUT2D eigenvalue weighted by atomic mass is 10.0. The molecule has 1 fully saturated rings. The highest BCUT2D eigenvalue weighted by molar-refractivity contribution is 7.89. The number of benzene rings is 3. The topological polar surface area (TPSA) is 184 Å². The molecule has 1 unspecified atom stereocenters. The largest absolute Gasteiger partial charge is 0.619 e. The van der Waals surface area contributed by atoms with E-state index in [2.05, 4.69) is 14.8 Å². The minimum atomic E-state index is -4.45. The summed E-state index contributed by atoms with van der Waals surface area (Å²) in [5.41, 5.74) is 0.479. The van der Waals surface area contributed by atoms with Crippen molar-refractivity contribution in [3.63, 3.8) is 0 Å². The van der Waals surface area contributed by atoms with Crippen LogP contribution in [-0.2, 0) is 30.8 Å². The van der Waals surface area contributed by atoms with E-state index in [1.54, 1.807) is 18.2 Å². The van der Waals surface area contributed by atoms with Gasteiger partial charge < -0.3 is 29.8 Å². The molecule has 0 bridgehead atoms. The van der Waals surface area contributed by atoms with E-state index in [4.69, 9.17) is 32.7 Å². The Hall–Kier alpha value is -5.03. The number of nitrogens with zero attached hydrogens (tertiary/aromatic N) is 1. The Morgan fingerprint density at radius 1 is 0.943 bits per heavy atom. The number of aliphatic carboxylic acids is 1. The van der Waals surface area contributed by atoms with E-state index in [1.165, 1.54) is 42.5 Å². The molecule has 0 aliphatic heterocycles. The fourth-order valence-electron chi connectivity index (χ4n) is 5.05. The monoisotopic (exact) mass is 793 g/mol. The van der Waals surface area contributed by atoms with Gasteiger partial charge in [-0.1, -0.05) is 65.7 Å². The first-order valence-corrected chi connectivity index (χ1v) is 18.1. The number of esters is 1. The molecule has 3 N–H and O–H groups in total. The van der Waals surface area contributed by atoms with Gasteiger partial charge in [-0.3, -0.25) is 14.4 Å². The van der Waals surface area contributed by atoms with Crippen molar-refractivity contribution in [2.75, 3.05) is 13.2 Å². The molecular weight excluding hydrogens is 763 g/mol. The van der Waals surface area contributed by atoms with Crippen molar-refractivity contribution in [1.82, 2.24) is 10.0 Å². The summed E-state index contributed by atoms with van der Waals surface area (Å²) in [7, 11) is -4.45. The summed E-state index contributed by atoms with van der Waals surface area (Å²) < 4.78 is 71.2. The highest BCUT2D eigenvalue weighted by atomic mass is 35.5. The number of hydrogen-bond acceptors (Lipinski definition) is 9. The summed E-state index contributed by atoms with van der Waals surface area (Å²) in [4.78, 5) is 37.7. The highest BCUT2D eigenvalue weighted by Gasteiger charge is 2.29. The zero-order valence-electron chi connectivity index (χ0n) is 27.4. The van der Waals surface area contributed by atoms with Gasteiger partial charge in [0.05, 0.1) is 11.5 Å². The van der Waals surface area contributed by atoms with E-state index in [0.717, 1.165) is 37.4 Å². The first-order chi connectivity index (χ1) is 25.2. The summed E-state index contributed by atoms with van der Waals surface area (Å²) in [6.45, 7) is -3.62. The van der Waals surface area contributed by atoms with Gasteiger partial charge in [0.25, 0.3) is 5.91 Å². The summed E-state index contributed by atoms with van der Waals surface area (Å²) in [6, 6.07) is 14.7. The maximum atomic E-state index is 13.2. The van der Waals surface area contributed by atoms with E-state index in [-0.39, 0.29) is 62.7 Å². The molecule has 280 valence electrons. The highest BCUT2D eigenvalue weighted by Crippen LogP contribution is 2.38. The first kappa shape index (κ1) is 39.2. The van der Waals surface area contributed by atoms with Crippen LogP contribution >= 0.6 is 23.2 Å². The number of carboxylic acid groups (broad SMARTS) is 1. The third-order valence-electron chi connectivity index (χ3n) is 7.90. The van der Waals surface area contributed by atoms with Gasteiger partial charge in [0, 0.05) is 17.5 Å². The third-order valence-corrected chi connectivity index (χ3v) is 9.97. The Morgan fingerprint density at radius 2 is 1.64 bits per heavy atom. The van der Waals surface area contributed by atoms with Gasteiger partial charge >= 0.3 is 18.6 Å². The summed E-state index contributed by atoms with van der Waals surface area (Å²) in [5, 5.41) is 23.8. The number of aromatic nitrogens is 1. The molecule has 1 aromatic heterocycles. The van der Waals surface area contributed by atoms with Crippen molar-refractivity contribution in [2.45, 2.75) is 42.9 Å². The molecule has 4 aromatic rings. The number of carbonyl (C=O) groups is 3. The van der Waals surface area contributed by atoms with Crippen LogP contribution < -0.4 is 24.2 Å². The molecule has 3 aromatic carbocycles. The predicted octanol–water partition coefficient (Wildman–Crippen LogP) is 5.38. The molecule has 18 heteroatoms. The van der Waals surface area contributed by atoms with E-state index in [9.17, 15) is 41.9 Å². The number of sulfonamides is 1. The van der Waals surface area contributed by atoms with Crippen LogP contribution in [0.3, 0.4) is 0 Å². The zero-order chi connectivity index (χ0) is 38.3. The lowest BCUT2D eigenvalue weighted by Gasteiger charge is -2.21.